The molecule has 5 rings (SSSR count). The molecule has 246 valence electrons. The number of pyridine rings is 1. The third-order valence-corrected chi connectivity index (χ3v) is 8.23. The number of amides is 1. The summed E-state index contributed by atoms with van der Waals surface area (Å²) >= 11 is 6.25. The lowest BCUT2D eigenvalue weighted by Gasteiger charge is -2.23. The van der Waals surface area contributed by atoms with E-state index in [9.17, 15) is 35.9 Å². The van der Waals surface area contributed by atoms with Gasteiger partial charge in [-0.2, -0.15) is 26.3 Å². The number of nitrogens with zero attached hydrogens (tertiary/aromatic N) is 2. The van der Waals surface area contributed by atoms with E-state index in [1.54, 1.807) is 24.3 Å². The molecule has 1 aromatic heterocycles. The summed E-state index contributed by atoms with van der Waals surface area (Å²) in [5.74, 6) is 0.383. The highest BCUT2D eigenvalue weighted by molar-refractivity contribution is 6.29. The molecule has 2 heterocycles. The van der Waals surface area contributed by atoms with Crippen LogP contribution in [0, 0.1) is 6.92 Å². The first-order valence-electron chi connectivity index (χ1n) is 14.2. The number of Topliss-reactive ketones (excluding diaryl/α,β-unsaturated/α-hetero) is 1. The van der Waals surface area contributed by atoms with Crippen molar-refractivity contribution >= 4 is 23.5 Å². The van der Waals surface area contributed by atoms with E-state index in [2.05, 4.69) is 4.98 Å². The van der Waals surface area contributed by atoms with Gasteiger partial charge in [0.25, 0.3) is 0 Å². The van der Waals surface area contributed by atoms with Gasteiger partial charge in [0, 0.05) is 16.7 Å². The van der Waals surface area contributed by atoms with Crippen molar-refractivity contribution < 1.29 is 45.4 Å². The maximum absolute atomic E-state index is 13.5. The van der Waals surface area contributed by atoms with Gasteiger partial charge in [0.2, 0.25) is 0 Å². The van der Waals surface area contributed by atoms with Crippen LogP contribution in [-0.2, 0) is 23.6 Å². The maximum atomic E-state index is 13.5. The second kappa shape index (κ2) is 12.6. The minimum Gasteiger partial charge on any atom is -0.496 e. The molecule has 0 saturated carbocycles. The Bertz CT molecular complexity index is 1840. The third kappa shape index (κ3) is 6.92. The van der Waals surface area contributed by atoms with Gasteiger partial charge in [-0.25, -0.2) is 9.78 Å². The molecular weight excluding hydrogens is 650 g/mol. The second-order valence-electron chi connectivity index (χ2n) is 11.1. The van der Waals surface area contributed by atoms with Gasteiger partial charge in [-0.1, -0.05) is 29.8 Å². The van der Waals surface area contributed by atoms with E-state index in [0.717, 1.165) is 16.7 Å². The van der Waals surface area contributed by atoms with Gasteiger partial charge in [0.15, 0.2) is 5.78 Å². The smallest absolute Gasteiger partial charge is 0.416 e. The van der Waals surface area contributed by atoms with Crippen LogP contribution in [0.2, 0.25) is 5.15 Å². The zero-order valence-electron chi connectivity index (χ0n) is 25.4. The molecule has 0 aliphatic carbocycles. The number of alkyl halides is 6. The predicted octanol–water partition coefficient (Wildman–Crippen LogP) is 9.71. The summed E-state index contributed by atoms with van der Waals surface area (Å²) in [5.41, 5.74) is 0.935. The Morgan fingerprint density at radius 3 is 2.13 bits per heavy atom. The molecule has 0 bridgehead atoms. The first kappa shape index (κ1) is 33.8. The molecule has 1 saturated heterocycles. The zero-order chi connectivity index (χ0) is 34.4. The van der Waals surface area contributed by atoms with Crippen LogP contribution < -0.4 is 4.74 Å². The second-order valence-corrected chi connectivity index (χ2v) is 11.5. The molecule has 0 N–H and O–H groups in total. The number of ether oxygens (including phenoxy) is 2. The molecule has 3 aromatic carbocycles. The van der Waals surface area contributed by atoms with Gasteiger partial charge >= 0.3 is 18.4 Å². The molecule has 1 amide bonds. The summed E-state index contributed by atoms with van der Waals surface area (Å²) in [7, 11) is 1.48. The van der Waals surface area contributed by atoms with Gasteiger partial charge in [-0.05, 0) is 91.6 Å². The first-order chi connectivity index (χ1) is 22.0. The van der Waals surface area contributed by atoms with Crippen molar-refractivity contribution in [2.24, 2.45) is 0 Å². The quantitative estimate of drug-likeness (QED) is 0.111. The molecule has 1 aliphatic heterocycles. The molecule has 1 aliphatic rings. The lowest BCUT2D eigenvalue weighted by molar-refractivity contribution is -0.143. The Kier molecular flexibility index (Phi) is 9.02. The van der Waals surface area contributed by atoms with E-state index < -0.39 is 47.3 Å². The highest BCUT2D eigenvalue weighted by Crippen LogP contribution is 2.42. The molecule has 1 fully saturated rings. The standard InChI is InChI=1S/C34H27ClF6N2O4/c1-17-11-20(19(3)44)5-7-25(17)21-6-9-29(46-4)27(14-21)26-8-10-30(35)42-28(26)16-43-18(2)31(47-32(43)45)22-12-23(33(36,37)38)15-24(13-22)34(39,40)41/h5-15,18,31H,16H2,1-4H3/t18-,31-/m0/s1. The number of ketones is 1. The SMILES string of the molecule is COc1ccc(-c2ccc(C(C)=O)cc2C)cc1-c1ccc(Cl)nc1CN1C(=O)O[C@H](c2cc(C(F)(F)F)cc(C(F)(F)F)c2)[C@@H]1C. The number of carbonyl (C=O) groups is 2. The normalized spacial score (nSPS) is 16.7. The number of hydrogen-bond donors (Lipinski definition) is 0. The van der Waals surface area contributed by atoms with Gasteiger partial charge in [0.1, 0.15) is 17.0 Å². The lowest BCUT2D eigenvalue weighted by Crippen LogP contribution is -2.32. The summed E-state index contributed by atoms with van der Waals surface area (Å²) in [4.78, 5) is 30.6. The zero-order valence-corrected chi connectivity index (χ0v) is 26.1. The van der Waals surface area contributed by atoms with Crippen LogP contribution in [0.3, 0.4) is 0 Å². The monoisotopic (exact) mass is 676 g/mol. The van der Waals surface area contributed by atoms with E-state index in [1.807, 2.05) is 25.1 Å². The van der Waals surface area contributed by atoms with Crippen molar-refractivity contribution in [1.82, 2.24) is 9.88 Å². The molecule has 0 spiro atoms. The first-order valence-corrected chi connectivity index (χ1v) is 14.6. The molecule has 0 radical (unpaired) electrons. The minimum atomic E-state index is -5.07. The Labute approximate surface area is 270 Å². The topological polar surface area (TPSA) is 68.7 Å². The van der Waals surface area contributed by atoms with E-state index in [4.69, 9.17) is 21.1 Å². The Hall–Kier alpha value is -4.58. The van der Waals surface area contributed by atoms with Crippen molar-refractivity contribution in [3.63, 3.8) is 0 Å². The highest BCUT2D eigenvalue weighted by atomic mass is 35.5. The van der Waals surface area contributed by atoms with Crippen LogP contribution in [0.4, 0.5) is 31.1 Å². The number of rotatable bonds is 7. The van der Waals surface area contributed by atoms with Crippen LogP contribution in [0.25, 0.3) is 22.3 Å². The number of halogens is 7. The Morgan fingerprint density at radius 2 is 1.55 bits per heavy atom. The highest BCUT2D eigenvalue weighted by Gasteiger charge is 2.43. The van der Waals surface area contributed by atoms with Crippen molar-refractivity contribution in [1.29, 1.82) is 0 Å². The number of methoxy groups -OCH3 is 1. The molecule has 4 aromatic rings. The van der Waals surface area contributed by atoms with Crippen LogP contribution >= 0.6 is 11.6 Å². The Balaban J connectivity index is 1.53. The van der Waals surface area contributed by atoms with Crippen molar-refractivity contribution in [2.75, 3.05) is 7.11 Å². The molecule has 0 unspecified atom stereocenters. The van der Waals surface area contributed by atoms with Crippen LogP contribution in [0.15, 0.2) is 66.7 Å². The van der Waals surface area contributed by atoms with Crippen LogP contribution in [0.1, 0.15) is 58.3 Å². The average Bonchev–Trinajstić information content (AvgIpc) is 3.28. The molecule has 6 nitrogen and oxygen atoms in total. The van der Waals surface area contributed by atoms with Crippen LogP contribution in [0.5, 0.6) is 5.75 Å². The van der Waals surface area contributed by atoms with E-state index in [1.165, 1.54) is 31.9 Å². The molecule has 47 heavy (non-hydrogen) atoms. The fourth-order valence-electron chi connectivity index (χ4n) is 5.60. The van der Waals surface area contributed by atoms with Gasteiger partial charge in [-0.15, -0.1) is 0 Å². The van der Waals surface area contributed by atoms with Crippen LogP contribution in [-0.4, -0.2) is 34.9 Å². The number of aryl methyl sites for hydroxylation is 1. The fourth-order valence-corrected chi connectivity index (χ4v) is 5.76. The summed E-state index contributed by atoms with van der Waals surface area (Å²) in [6.07, 6.45) is -12.5. The van der Waals surface area contributed by atoms with Gasteiger partial charge in [-0.3, -0.25) is 9.69 Å². The van der Waals surface area contributed by atoms with E-state index in [-0.39, 0.29) is 29.2 Å². The number of hydrogen-bond acceptors (Lipinski definition) is 5. The lowest BCUT2D eigenvalue weighted by atomic mass is 9.93. The minimum absolute atomic E-state index is 0.0194. The third-order valence-electron chi connectivity index (χ3n) is 8.02. The largest absolute Gasteiger partial charge is 0.496 e. The summed E-state index contributed by atoms with van der Waals surface area (Å²) in [6, 6.07) is 14.1. The number of carbonyl (C=O) groups excluding carboxylic acids is 2. The molecular formula is C34H27ClF6N2O4. The average molecular weight is 677 g/mol. The summed E-state index contributed by atoms with van der Waals surface area (Å²) < 4.78 is 92.3. The van der Waals surface area contributed by atoms with Crippen molar-refractivity contribution in [3.8, 4) is 28.0 Å². The number of benzene rings is 3. The maximum Gasteiger partial charge on any atom is 0.416 e. The summed E-state index contributed by atoms with van der Waals surface area (Å²) in [6.45, 7) is 4.58. The fraction of sp³-hybridized carbons (Fsp3) is 0.265. The van der Waals surface area contributed by atoms with E-state index in [0.29, 0.717) is 34.6 Å². The molecule has 13 heteroatoms. The number of aromatic nitrogens is 1. The predicted molar refractivity (Wildman–Crippen MR) is 162 cm³/mol. The van der Waals surface area contributed by atoms with Crippen molar-refractivity contribution in [2.45, 2.75) is 51.8 Å². The number of cyclic esters (lactones) is 1. The van der Waals surface area contributed by atoms with Crippen molar-refractivity contribution in [3.05, 3.63) is 105 Å². The molecule has 2 atom stereocenters. The van der Waals surface area contributed by atoms with E-state index >= 15 is 0 Å². The van der Waals surface area contributed by atoms with Gasteiger partial charge < -0.3 is 9.47 Å². The summed E-state index contributed by atoms with van der Waals surface area (Å²) in [5, 5.41) is 0.0824. The Morgan fingerprint density at radius 1 is 0.915 bits per heavy atom. The van der Waals surface area contributed by atoms with Gasteiger partial charge in [0.05, 0.1) is 36.5 Å².